The van der Waals surface area contributed by atoms with E-state index in [4.69, 9.17) is 0 Å². The van der Waals surface area contributed by atoms with Crippen molar-refractivity contribution in [1.82, 2.24) is 5.32 Å². The molecule has 1 rings (SSSR count). The van der Waals surface area contributed by atoms with Crippen LogP contribution in [0.2, 0.25) is 0 Å². The molecule has 0 heterocycles. The smallest absolute Gasteiger partial charge is 0.0584 e. The van der Waals surface area contributed by atoms with Crippen LogP contribution < -0.4 is 5.32 Å². The topological polar surface area (TPSA) is 32.3 Å². The zero-order chi connectivity index (χ0) is 12.8. The third kappa shape index (κ3) is 4.14. The van der Waals surface area contributed by atoms with Crippen molar-refractivity contribution in [1.29, 1.82) is 0 Å². The van der Waals surface area contributed by atoms with Gasteiger partial charge in [-0.25, -0.2) is 0 Å². The van der Waals surface area contributed by atoms with E-state index in [1.54, 1.807) is 0 Å². The fourth-order valence-electron chi connectivity index (χ4n) is 1.92. The molecular weight excluding hydrogens is 210 g/mol. The van der Waals surface area contributed by atoms with Gasteiger partial charge in [-0.3, -0.25) is 0 Å². The van der Waals surface area contributed by atoms with E-state index < -0.39 is 0 Å². The van der Waals surface area contributed by atoms with Gasteiger partial charge in [0.05, 0.1) is 6.61 Å². The number of rotatable bonds is 6. The van der Waals surface area contributed by atoms with Crippen molar-refractivity contribution in [2.24, 2.45) is 0 Å². The predicted octanol–water partition coefficient (Wildman–Crippen LogP) is 3.23. The maximum Gasteiger partial charge on any atom is 0.0584 e. The average Bonchev–Trinajstić information content (AvgIpc) is 2.35. The largest absolute Gasteiger partial charge is 0.395 e. The molecule has 0 saturated carbocycles. The van der Waals surface area contributed by atoms with Gasteiger partial charge in [-0.1, -0.05) is 45.0 Å². The number of aliphatic hydroxyl groups excluding tert-OH is 1. The number of hydrogen-bond acceptors (Lipinski definition) is 2. The van der Waals surface area contributed by atoms with Gasteiger partial charge in [0.15, 0.2) is 0 Å². The van der Waals surface area contributed by atoms with Crippen molar-refractivity contribution in [3.63, 3.8) is 0 Å². The Bertz CT molecular complexity index is 314. The Labute approximate surface area is 105 Å². The zero-order valence-electron chi connectivity index (χ0n) is 11.4. The molecule has 1 aromatic carbocycles. The summed E-state index contributed by atoms with van der Waals surface area (Å²) >= 11 is 0. The lowest BCUT2D eigenvalue weighted by Gasteiger charge is -2.21. The van der Waals surface area contributed by atoms with Gasteiger partial charge in [0, 0.05) is 12.1 Å². The standard InChI is InChI=1S/C15H25NO/c1-5-15(10-17)16-12(4)14-8-6-13(7-9-14)11(2)3/h6-9,11-12,15-17H,5,10H2,1-4H3/t12?,15-/m1/s1. The van der Waals surface area contributed by atoms with Gasteiger partial charge in [-0.15, -0.1) is 0 Å². The van der Waals surface area contributed by atoms with Crippen LogP contribution in [-0.4, -0.2) is 17.8 Å². The molecule has 17 heavy (non-hydrogen) atoms. The minimum absolute atomic E-state index is 0.190. The number of benzene rings is 1. The summed E-state index contributed by atoms with van der Waals surface area (Å²) in [5, 5.41) is 12.6. The molecule has 0 radical (unpaired) electrons. The van der Waals surface area contributed by atoms with Gasteiger partial charge in [0.2, 0.25) is 0 Å². The third-order valence-corrected chi connectivity index (χ3v) is 3.30. The lowest BCUT2D eigenvalue weighted by molar-refractivity contribution is 0.230. The average molecular weight is 235 g/mol. The van der Waals surface area contributed by atoms with E-state index in [-0.39, 0.29) is 18.7 Å². The molecule has 0 bridgehead atoms. The van der Waals surface area contributed by atoms with Crippen molar-refractivity contribution in [2.75, 3.05) is 6.61 Å². The molecule has 0 saturated heterocycles. The van der Waals surface area contributed by atoms with Crippen LogP contribution in [0.25, 0.3) is 0 Å². The highest BCUT2D eigenvalue weighted by molar-refractivity contribution is 5.26. The minimum atomic E-state index is 0.190. The number of hydrogen-bond donors (Lipinski definition) is 2. The van der Waals surface area contributed by atoms with E-state index in [0.717, 1.165) is 6.42 Å². The van der Waals surface area contributed by atoms with Crippen LogP contribution >= 0.6 is 0 Å². The van der Waals surface area contributed by atoms with Crippen LogP contribution in [0, 0.1) is 0 Å². The molecule has 0 amide bonds. The van der Waals surface area contributed by atoms with E-state index in [1.165, 1.54) is 11.1 Å². The van der Waals surface area contributed by atoms with Crippen LogP contribution in [0.5, 0.6) is 0 Å². The Morgan fingerprint density at radius 2 is 1.59 bits per heavy atom. The zero-order valence-corrected chi connectivity index (χ0v) is 11.4. The number of nitrogens with one attached hydrogen (secondary N) is 1. The predicted molar refractivity (Wildman–Crippen MR) is 73.2 cm³/mol. The highest BCUT2D eigenvalue weighted by atomic mass is 16.3. The van der Waals surface area contributed by atoms with Crippen LogP contribution in [0.4, 0.5) is 0 Å². The lowest BCUT2D eigenvalue weighted by atomic mass is 9.99. The Balaban J connectivity index is 2.66. The molecule has 1 aromatic rings. The van der Waals surface area contributed by atoms with Crippen LogP contribution in [0.1, 0.15) is 57.2 Å². The van der Waals surface area contributed by atoms with Crippen LogP contribution in [0.3, 0.4) is 0 Å². The van der Waals surface area contributed by atoms with Crippen LogP contribution in [-0.2, 0) is 0 Å². The maximum atomic E-state index is 9.18. The van der Waals surface area contributed by atoms with Gasteiger partial charge in [0.1, 0.15) is 0 Å². The molecular formula is C15H25NO. The quantitative estimate of drug-likeness (QED) is 0.793. The van der Waals surface area contributed by atoms with Crippen molar-refractivity contribution in [3.8, 4) is 0 Å². The minimum Gasteiger partial charge on any atom is -0.395 e. The molecule has 0 aliphatic rings. The number of aliphatic hydroxyl groups is 1. The summed E-state index contributed by atoms with van der Waals surface area (Å²) in [6, 6.07) is 9.22. The molecule has 0 spiro atoms. The van der Waals surface area contributed by atoms with Gasteiger partial charge >= 0.3 is 0 Å². The molecule has 0 aliphatic heterocycles. The molecule has 0 aliphatic carbocycles. The van der Waals surface area contributed by atoms with Gasteiger partial charge in [-0.2, -0.15) is 0 Å². The fraction of sp³-hybridized carbons (Fsp3) is 0.600. The van der Waals surface area contributed by atoms with E-state index in [2.05, 4.69) is 57.3 Å². The van der Waals surface area contributed by atoms with E-state index >= 15 is 0 Å². The Kier molecular flexibility index (Phi) is 5.66. The van der Waals surface area contributed by atoms with Crippen molar-refractivity contribution < 1.29 is 5.11 Å². The molecule has 2 heteroatoms. The monoisotopic (exact) mass is 235 g/mol. The molecule has 1 unspecified atom stereocenters. The summed E-state index contributed by atoms with van der Waals surface area (Å²) < 4.78 is 0. The molecule has 0 fully saturated rings. The van der Waals surface area contributed by atoms with Crippen LogP contribution in [0.15, 0.2) is 24.3 Å². The van der Waals surface area contributed by atoms with E-state index in [1.807, 2.05) is 0 Å². The van der Waals surface area contributed by atoms with Crippen molar-refractivity contribution >= 4 is 0 Å². The first-order chi connectivity index (χ1) is 8.08. The maximum absolute atomic E-state index is 9.18. The summed E-state index contributed by atoms with van der Waals surface area (Å²) in [4.78, 5) is 0. The summed E-state index contributed by atoms with van der Waals surface area (Å²) in [6.07, 6.45) is 0.949. The van der Waals surface area contributed by atoms with Crippen molar-refractivity contribution in [3.05, 3.63) is 35.4 Å². The second kappa shape index (κ2) is 6.77. The summed E-state index contributed by atoms with van der Waals surface area (Å²) in [5.41, 5.74) is 2.65. The first-order valence-corrected chi connectivity index (χ1v) is 6.55. The SMILES string of the molecule is CC[C@H](CO)NC(C)c1ccc(C(C)C)cc1. The van der Waals surface area contributed by atoms with E-state index in [9.17, 15) is 5.11 Å². The normalized spacial score (nSPS) is 14.9. The Morgan fingerprint density at radius 1 is 1.06 bits per heavy atom. The summed E-state index contributed by atoms with van der Waals surface area (Å²) in [7, 11) is 0. The first-order valence-electron chi connectivity index (χ1n) is 6.55. The summed E-state index contributed by atoms with van der Waals surface area (Å²) in [5.74, 6) is 0.577. The Morgan fingerprint density at radius 3 is 2.00 bits per heavy atom. The highest BCUT2D eigenvalue weighted by Crippen LogP contribution is 2.19. The third-order valence-electron chi connectivity index (χ3n) is 3.30. The molecule has 2 nitrogen and oxygen atoms in total. The Hall–Kier alpha value is -0.860. The molecule has 2 N–H and O–H groups in total. The van der Waals surface area contributed by atoms with Gasteiger partial charge in [0.25, 0.3) is 0 Å². The van der Waals surface area contributed by atoms with Gasteiger partial charge < -0.3 is 10.4 Å². The second-order valence-electron chi connectivity index (χ2n) is 5.00. The first kappa shape index (κ1) is 14.2. The van der Waals surface area contributed by atoms with E-state index in [0.29, 0.717) is 5.92 Å². The van der Waals surface area contributed by atoms with Crippen molar-refractivity contribution in [2.45, 2.75) is 52.1 Å². The molecule has 0 aromatic heterocycles. The molecule has 96 valence electrons. The molecule has 2 atom stereocenters. The fourth-order valence-corrected chi connectivity index (χ4v) is 1.92. The van der Waals surface area contributed by atoms with Gasteiger partial charge in [-0.05, 0) is 30.4 Å². The second-order valence-corrected chi connectivity index (χ2v) is 5.00. The summed E-state index contributed by atoms with van der Waals surface area (Å²) in [6.45, 7) is 8.83. The lowest BCUT2D eigenvalue weighted by Crippen LogP contribution is -2.33. The highest BCUT2D eigenvalue weighted by Gasteiger charge is 2.11.